The summed E-state index contributed by atoms with van der Waals surface area (Å²) in [5.74, 6) is -0.606. The Labute approximate surface area is 93.6 Å². The maximum absolute atomic E-state index is 12.0. The lowest BCUT2D eigenvalue weighted by molar-refractivity contribution is -0.126. The van der Waals surface area contributed by atoms with Crippen LogP contribution in [-0.4, -0.2) is 22.5 Å². The first-order chi connectivity index (χ1) is 7.59. The molecule has 0 aliphatic carbocycles. The van der Waals surface area contributed by atoms with E-state index in [0.29, 0.717) is 11.3 Å². The summed E-state index contributed by atoms with van der Waals surface area (Å²) in [7, 11) is 0. The van der Waals surface area contributed by atoms with E-state index in [4.69, 9.17) is 0 Å². The quantitative estimate of drug-likeness (QED) is 0.671. The van der Waals surface area contributed by atoms with Gasteiger partial charge < -0.3 is 0 Å². The van der Waals surface area contributed by atoms with E-state index < -0.39 is 0 Å². The highest BCUT2D eigenvalue weighted by molar-refractivity contribution is 6.14. The first-order valence-corrected chi connectivity index (χ1v) is 5.06. The SMILES string of the molecule is CC1=NN(C(=O)c2ccccc2C)C(=O)C1. The van der Waals surface area contributed by atoms with E-state index in [1.165, 1.54) is 0 Å². The first kappa shape index (κ1) is 10.5. The van der Waals surface area contributed by atoms with Crippen molar-refractivity contribution >= 4 is 17.5 Å². The van der Waals surface area contributed by atoms with Gasteiger partial charge in [0.1, 0.15) is 0 Å². The highest BCUT2D eigenvalue weighted by Gasteiger charge is 2.28. The van der Waals surface area contributed by atoms with E-state index in [-0.39, 0.29) is 18.2 Å². The Morgan fingerprint density at radius 1 is 1.31 bits per heavy atom. The molecule has 1 aliphatic rings. The number of imide groups is 1. The minimum atomic E-state index is -0.347. The van der Waals surface area contributed by atoms with Crippen LogP contribution in [0.1, 0.15) is 29.3 Å². The molecule has 0 N–H and O–H groups in total. The number of benzene rings is 1. The summed E-state index contributed by atoms with van der Waals surface area (Å²) in [6, 6.07) is 7.17. The van der Waals surface area contributed by atoms with Gasteiger partial charge >= 0.3 is 0 Å². The Balaban J connectivity index is 2.34. The lowest BCUT2D eigenvalue weighted by Gasteiger charge is -2.11. The Morgan fingerprint density at radius 3 is 2.56 bits per heavy atom. The molecule has 2 rings (SSSR count). The second-order valence-electron chi connectivity index (χ2n) is 3.84. The number of hydrazone groups is 1. The highest BCUT2D eigenvalue weighted by atomic mass is 16.2. The fourth-order valence-corrected chi connectivity index (χ4v) is 1.64. The molecule has 0 saturated carbocycles. The molecule has 4 nitrogen and oxygen atoms in total. The van der Waals surface area contributed by atoms with Gasteiger partial charge in [-0.3, -0.25) is 9.59 Å². The molecule has 2 amide bonds. The van der Waals surface area contributed by atoms with Crippen LogP contribution in [0.4, 0.5) is 0 Å². The Bertz CT molecular complexity index is 492. The summed E-state index contributed by atoms with van der Waals surface area (Å²) < 4.78 is 0. The number of hydrogen-bond acceptors (Lipinski definition) is 3. The number of rotatable bonds is 1. The average Bonchev–Trinajstić information content (AvgIpc) is 2.58. The van der Waals surface area contributed by atoms with Gasteiger partial charge in [0.2, 0.25) is 0 Å². The summed E-state index contributed by atoms with van der Waals surface area (Å²) in [6.07, 6.45) is 0.234. The van der Waals surface area contributed by atoms with Crippen molar-refractivity contribution in [3.8, 4) is 0 Å². The molecule has 1 aromatic rings. The van der Waals surface area contributed by atoms with Crippen molar-refractivity contribution in [3.63, 3.8) is 0 Å². The number of nitrogens with zero attached hydrogens (tertiary/aromatic N) is 2. The van der Waals surface area contributed by atoms with Crippen molar-refractivity contribution in [2.75, 3.05) is 0 Å². The number of carbonyl (C=O) groups is 2. The molecular formula is C12H12N2O2. The van der Waals surface area contributed by atoms with Crippen LogP contribution >= 0.6 is 0 Å². The summed E-state index contributed by atoms with van der Waals surface area (Å²) in [5, 5.41) is 4.89. The fraction of sp³-hybridized carbons (Fsp3) is 0.250. The molecule has 1 heterocycles. The van der Waals surface area contributed by atoms with Crippen LogP contribution in [0.2, 0.25) is 0 Å². The fourth-order valence-electron chi connectivity index (χ4n) is 1.64. The molecule has 1 aromatic carbocycles. The molecule has 0 fully saturated rings. The van der Waals surface area contributed by atoms with Crippen molar-refractivity contribution in [1.82, 2.24) is 5.01 Å². The van der Waals surface area contributed by atoms with Crippen LogP contribution in [0, 0.1) is 6.92 Å². The largest absolute Gasteiger partial charge is 0.281 e. The minimum Gasteiger partial charge on any atom is -0.272 e. The molecule has 0 atom stereocenters. The van der Waals surface area contributed by atoms with Crippen molar-refractivity contribution in [1.29, 1.82) is 0 Å². The number of aryl methyl sites for hydroxylation is 1. The average molecular weight is 216 g/mol. The van der Waals surface area contributed by atoms with Crippen LogP contribution in [0.25, 0.3) is 0 Å². The Hall–Kier alpha value is -1.97. The van der Waals surface area contributed by atoms with E-state index >= 15 is 0 Å². The zero-order valence-electron chi connectivity index (χ0n) is 9.23. The minimum absolute atomic E-state index is 0.234. The van der Waals surface area contributed by atoms with Crippen LogP contribution in [0.3, 0.4) is 0 Å². The summed E-state index contributed by atoms with van der Waals surface area (Å²) in [6.45, 7) is 3.58. The van der Waals surface area contributed by atoms with E-state index in [1.54, 1.807) is 19.1 Å². The van der Waals surface area contributed by atoms with Gasteiger partial charge in [0.15, 0.2) is 0 Å². The molecule has 1 aliphatic heterocycles. The van der Waals surface area contributed by atoms with Crippen LogP contribution in [-0.2, 0) is 4.79 Å². The Kier molecular flexibility index (Phi) is 2.56. The van der Waals surface area contributed by atoms with Gasteiger partial charge in [0.25, 0.3) is 11.8 Å². The topological polar surface area (TPSA) is 49.7 Å². The molecular weight excluding hydrogens is 204 g/mol. The maximum Gasteiger partial charge on any atom is 0.281 e. The van der Waals surface area contributed by atoms with Crippen molar-refractivity contribution in [3.05, 3.63) is 35.4 Å². The normalized spacial score (nSPS) is 15.2. The van der Waals surface area contributed by atoms with Gasteiger partial charge in [-0.2, -0.15) is 10.1 Å². The van der Waals surface area contributed by atoms with E-state index in [1.807, 2.05) is 19.1 Å². The second-order valence-corrected chi connectivity index (χ2v) is 3.84. The van der Waals surface area contributed by atoms with Crippen molar-refractivity contribution in [2.24, 2.45) is 5.10 Å². The van der Waals surface area contributed by atoms with Gasteiger partial charge in [0, 0.05) is 11.3 Å². The standard InChI is InChI=1S/C12H12N2O2/c1-8-5-3-4-6-10(8)12(16)14-11(15)7-9(2)13-14/h3-6H,7H2,1-2H3. The summed E-state index contributed by atoms with van der Waals surface area (Å²) in [5.41, 5.74) is 2.04. The summed E-state index contributed by atoms with van der Waals surface area (Å²) in [4.78, 5) is 23.5. The monoisotopic (exact) mass is 216 g/mol. The number of hydrogen-bond donors (Lipinski definition) is 0. The zero-order valence-corrected chi connectivity index (χ0v) is 9.23. The number of carbonyl (C=O) groups excluding carboxylic acids is 2. The summed E-state index contributed by atoms with van der Waals surface area (Å²) >= 11 is 0. The third-order valence-electron chi connectivity index (χ3n) is 2.48. The third-order valence-corrected chi connectivity index (χ3v) is 2.48. The van der Waals surface area contributed by atoms with Crippen molar-refractivity contribution in [2.45, 2.75) is 20.3 Å². The zero-order chi connectivity index (χ0) is 11.7. The molecule has 82 valence electrons. The van der Waals surface area contributed by atoms with Gasteiger partial charge in [-0.05, 0) is 25.5 Å². The van der Waals surface area contributed by atoms with E-state index in [2.05, 4.69) is 5.10 Å². The van der Waals surface area contributed by atoms with Crippen LogP contribution < -0.4 is 0 Å². The van der Waals surface area contributed by atoms with Crippen molar-refractivity contribution < 1.29 is 9.59 Å². The Morgan fingerprint density at radius 2 is 2.00 bits per heavy atom. The molecule has 0 radical (unpaired) electrons. The lowest BCUT2D eigenvalue weighted by atomic mass is 10.1. The smallest absolute Gasteiger partial charge is 0.272 e. The first-order valence-electron chi connectivity index (χ1n) is 5.06. The highest BCUT2D eigenvalue weighted by Crippen LogP contribution is 2.15. The van der Waals surface area contributed by atoms with Gasteiger partial charge in [-0.15, -0.1) is 0 Å². The van der Waals surface area contributed by atoms with Gasteiger partial charge in [-0.25, -0.2) is 0 Å². The molecule has 0 bridgehead atoms. The van der Waals surface area contributed by atoms with Gasteiger partial charge in [-0.1, -0.05) is 18.2 Å². The molecule has 0 spiro atoms. The second kappa shape index (κ2) is 3.89. The molecule has 0 aromatic heterocycles. The predicted octanol–water partition coefficient (Wildman–Crippen LogP) is 1.74. The van der Waals surface area contributed by atoms with E-state index in [9.17, 15) is 9.59 Å². The molecule has 0 unspecified atom stereocenters. The predicted molar refractivity (Wildman–Crippen MR) is 60.1 cm³/mol. The molecule has 4 heteroatoms. The van der Waals surface area contributed by atoms with Gasteiger partial charge in [0.05, 0.1) is 6.42 Å². The van der Waals surface area contributed by atoms with Crippen LogP contribution in [0.5, 0.6) is 0 Å². The maximum atomic E-state index is 12.0. The lowest BCUT2D eigenvalue weighted by Crippen LogP contribution is -2.28. The molecule has 0 saturated heterocycles. The third kappa shape index (κ3) is 1.74. The number of amides is 2. The van der Waals surface area contributed by atoms with E-state index in [0.717, 1.165) is 10.6 Å². The molecule has 16 heavy (non-hydrogen) atoms. The van der Waals surface area contributed by atoms with Crippen LogP contribution in [0.15, 0.2) is 29.4 Å².